The minimum absolute atomic E-state index is 0.127. The first kappa shape index (κ1) is 15.0. The summed E-state index contributed by atoms with van der Waals surface area (Å²) in [5.41, 5.74) is 2.14. The van der Waals surface area contributed by atoms with Crippen molar-refractivity contribution in [3.63, 3.8) is 0 Å². The summed E-state index contributed by atoms with van der Waals surface area (Å²) in [6, 6.07) is 7.91. The maximum Gasteiger partial charge on any atom is 0.335 e. The number of esters is 1. The summed E-state index contributed by atoms with van der Waals surface area (Å²) >= 11 is 0. The Balaban J connectivity index is 1.70. The molecule has 1 saturated heterocycles. The van der Waals surface area contributed by atoms with Crippen molar-refractivity contribution in [1.82, 2.24) is 0 Å². The van der Waals surface area contributed by atoms with Crippen LogP contribution in [-0.4, -0.2) is 31.4 Å². The van der Waals surface area contributed by atoms with Crippen LogP contribution in [0.3, 0.4) is 0 Å². The van der Waals surface area contributed by atoms with E-state index in [1.807, 2.05) is 31.2 Å². The first-order valence-corrected chi connectivity index (χ1v) is 7.10. The highest BCUT2D eigenvalue weighted by atomic mass is 16.6. The van der Waals surface area contributed by atoms with E-state index >= 15 is 0 Å². The van der Waals surface area contributed by atoms with Crippen LogP contribution in [-0.2, 0) is 25.6 Å². The molecule has 2 rings (SSSR count). The number of hydrogen-bond donors (Lipinski definition) is 0. The molecule has 0 spiro atoms. The number of ether oxygens (including phenoxy) is 3. The summed E-state index contributed by atoms with van der Waals surface area (Å²) in [5.74, 6) is -0.329. The Bertz CT molecular complexity index is 438. The largest absolute Gasteiger partial charge is 0.459 e. The second-order valence-electron chi connectivity index (χ2n) is 5.21. The van der Waals surface area contributed by atoms with E-state index in [1.165, 1.54) is 0 Å². The van der Waals surface area contributed by atoms with Gasteiger partial charge in [-0.05, 0) is 32.3 Å². The van der Waals surface area contributed by atoms with Crippen LogP contribution < -0.4 is 0 Å². The van der Waals surface area contributed by atoms with E-state index in [2.05, 4.69) is 0 Å². The third-order valence-electron chi connectivity index (χ3n) is 3.35. The first-order valence-electron chi connectivity index (χ1n) is 7.10. The molecule has 20 heavy (non-hydrogen) atoms. The lowest BCUT2D eigenvalue weighted by Crippen LogP contribution is -2.27. The lowest BCUT2D eigenvalue weighted by molar-refractivity contribution is -0.159. The molecule has 4 heteroatoms. The maximum atomic E-state index is 11.8. The van der Waals surface area contributed by atoms with Gasteiger partial charge in [0.1, 0.15) is 6.61 Å². The molecule has 0 amide bonds. The maximum absolute atomic E-state index is 11.8. The molecule has 1 aromatic rings. The molecule has 4 nitrogen and oxygen atoms in total. The van der Waals surface area contributed by atoms with Crippen molar-refractivity contribution in [1.29, 1.82) is 0 Å². The Morgan fingerprint density at radius 1 is 1.50 bits per heavy atom. The molecule has 2 unspecified atom stereocenters. The Labute approximate surface area is 120 Å². The van der Waals surface area contributed by atoms with Crippen LogP contribution in [0.1, 0.15) is 30.9 Å². The van der Waals surface area contributed by atoms with Gasteiger partial charge in [0.05, 0.1) is 12.7 Å². The van der Waals surface area contributed by atoms with Crippen molar-refractivity contribution in [3.05, 3.63) is 35.4 Å². The smallest absolute Gasteiger partial charge is 0.335 e. The highest BCUT2D eigenvalue weighted by Gasteiger charge is 2.20. The van der Waals surface area contributed by atoms with Crippen LogP contribution in [0, 0.1) is 6.92 Å². The van der Waals surface area contributed by atoms with Crippen molar-refractivity contribution in [2.45, 2.75) is 45.5 Å². The van der Waals surface area contributed by atoms with Gasteiger partial charge >= 0.3 is 5.97 Å². The number of hydrogen-bond acceptors (Lipinski definition) is 4. The van der Waals surface area contributed by atoms with Gasteiger partial charge in [-0.2, -0.15) is 0 Å². The van der Waals surface area contributed by atoms with E-state index < -0.39 is 6.10 Å². The van der Waals surface area contributed by atoms with Crippen molar-refractivity contribution in [2.75, 3.05) is 13.2 Å². The zero-order valence-electron chi connectivity index (χ0n) is 12.1. The molecule has 1 aromatic carbocycles. The minimum Gasteiger partial charge on any atom is -0.459 e. The second-order valence-corrected chi connectivity index (χ2v) is 5.21. The van der Waals surface area contributed by atoms with E-state index in [9.17, 15) is 4.79 Å². The second kappa shape index (κ2) is 7.41. The van der Waals surface area contributed by atoms with Crippen molar-refractivity contribution in [2.24, 2.45) is 0 Å². The summed E-state index contributed by atoms with van der Waals surface area (Å²) in [5, 5.41) is 0. The molecule has 0 aromatic heterocycles. The molecule has 1 aliphatic heterocycles. The lowest BCUT2D eigenvalue weighted by Gasteiger charge is -2.15. The molecule has 0 saturated carbocycles. The highest BCUT2D eigenvalue weighted by Crippen LogP contribution is 2.13. The Morgan fingerprint density at radius 3 is 3.05 bits per heavy atom. The SMILES string of the molecule is Cc1cccc(COC(=O)C(C)OCC2CCCO2)c1. The molecular formula is C16H22O4. The van der Waals surface area contributed by atoms with Gasteiger partial charge in [-0.25, -0.2) is 4.79 Å². The van der Waals surface area contributed by atoms with Crippen LogP contribution in [0.2, 0.25) is 0 Å². The Hall–Kier alpha value is -1.39. The van der Waals surface area contributed by atoms with Gasteiger partial charge in [-0.1, -0.05) is 29.8 Å². The van der Waals surface area contributed by atoms with Crippen LogP contribution in [0.5, 0.6) is 0 Å². The summed E-state index contributed by atoms with van der Waals surface area (Å²) in [7, 11) is 0. The number of carbonyl (C=O) groups is 1. The van der Waals surface area contributed by atoms with Gasteiger partial charge in [0, 0.05) is 6.61 Å². The molecule has 0 aliphatic carbocycles. The van der Waals surface area contributed by atoms with Gasteiger partial charge in [-0.3, -0.25) is 0 Å². The summed E-state index contributed by atoms with van der Waals surface area (Å²) in [6.07, 6.45) is 1.65. The Morgan fingerprint density at radius 2 is 2.35 bits per heavy atom. The van der Waals surface area contributed by atoms with E-state index in [0.717, 1.165) is 30.6 Å². The third kappa shape index (κ3) is 4.62. The molecule has 0 radical (unpaired) electrons. The molecule has 2 atom stereocenters. The van der Waals surface area contributed by atoms with E-state index in [4.69, 9.17) is 14.2 Å². The van der Waals surface area contributed by atoms with Crippen molar-refractivity contribution >= 4 is 5.97 Å². The Kier molecular flexibility index (Phi) is 5.56. The fourth-order valence-corrected chi connectivity index (χ4v) is 2.17. The van der Waals surface area contributed by atoms with E-state index in [-0.39, 0.29) is 18.7 Å². The molecule has 1 heterocycles. The van der Waals surface area contributed by atoms with Crippen LogP contribution >= 0.6 is 0 Å². The number of benzene rings is 1. The topological polar surface area (TPSA) is 44.8 Å². The van der Waals surface area contributed by atoms with E-state index in [1.54, 1.807) is 6.92 Å². The van der Waals surface area contributed by atoms with E-state index in [0.29, 0.717) is 6.61 Å². The molecular weight excluding hydrogens is 256 g/mol. The van der Waals surface area contributed by atoms with Gasteiger partial charge in [0.25, 0.3) is 0 Å². The summed E-state index contributed by atoms with van der Waals surface area (Å²) < 4.78 is 16.2. The average Bonchev–Trinajstić information content (AvgIpc) is 2.95. The molecule has 1 aliphatic rings. The van der Waals surface area contributed by atoms with Crippen LogP contribution in [0.25, 0.3) is 0 Å². The molecule has 0 bridgehead atoms. The summed E-state index contributed by atoms with van der Waals surface area (Å²) in [4.78, 5) is 11.8. The summed E-state index contributed by atoms with van der Waals surface area (Å²) in [6.45, 7) is 5.27. The van der Waals surface area contributed by atoms with Gasteiger partial charge in [0.15, 0.2) is 6.10 Å². The van der Waals surface area contributed by atoms with Gasteiger partial charge < -0.3 is 14.2 Å². The standard InChI is InChI=1S/C16H22O4/c1-12-5-3-6-14(9-12)10-20-16(17)13(2)19-11-15-7-4-8-18-15/h3,5-6,9,13,15H,4,7-8,10-11H2,1-2H3. The number of aryl methyl sites for hydroxylation is 1. The van der Waals surface area contributed by atoms with Crippen molar-refractivity contribution in [3.8, 4) is 0 Å². The molecule has 110 valence electrons. The molecule has 0 N–H and O–H groups in total. The normalized spacial score (nSPS) is 19.8. The minimum atomic E-state index is -0.552. The predicted molar refractivity (Wildman–Crippen MR) is 75.4 cm³/mol. The first-order chi connectivity index (χ1) is 9.65. The van der Waals surface area contributed by atoms with Gasteiger partial charge in [-0.15, -0.1) is 0 Å². The fraction of sp³-hybridized carbons (Fsp3) is 0.562. The monoisotopic (exact) mass is 278 g/mol. The zero-order chi connectivity index (χ0) is 14.4. The molecule has 1 fully saturated rings. The third-order valence-corrected chi connectivity index (χ3v) is 3.35. The van der Waals surface area contributed by atoms with Crippen LogP contribution in [0.4, 0.5) is 0 Å². The van der Waals surface area contributed by atoms with Gasteiger partial charge in [0.2, 0.25) is 0 Å². The number of rotatable bonds is 6. The fourth-order valence-electron chi connectivity index (χ4n) is 2.17. The predicted octanol–water partition coefficient (Wildman–Crippen LogP) is 2.62. The quantitative estimate of drug-likeness (QED) is 0.750. The lowest BCUT2D eigenvalue weighted by atomic mass is 10.1. The van der Waals surface area contributed by atoms with Crippen molar-refractivity contribution < 1.29 is 19.0 Å². The van der Waals surface area contributed by atoms with Crippen LogP contribution in [0.15, 0.2) is 24.3 Å². The highest BCUT2D eigenvalue weighted by molar-refractivity contribution is 5.74. The average molecular weight is 278 g/mol. The zero-order valence-corrected chi connectivity index (χ0v) is 12.1. The number of carbonyl (C=O) groups excluding carboxylic acids is 1.